The van der Waals surface area contributed by atoms with Crippen molar-refractivity contribution in [2.75, 3.05) is 20.4 Å². The summed E-state index contributed by atoms with van der Waals surface area (Å²) < 4.78 is 5.01. The van der Waals surface area contributed by atoms with Gasteiger partial charge in [0.2, 0.25) is 0 Å². The molecule has 21 nitrogen and oxygen atoms in total. The molecular formula is C65H57Br4N8O13P. The number of carboxylic acids is 1. The Bertz CT molecular complexity index is 3700. The van der Waals surface area contributed by atoms with Crippen LogP contribution < -0.4 is 42.1 Å². The number of carbonyl (C=O) groups excluding carboxylic acids is 8. The van der Waals surface area contributed by atoms with Crippen LogP contribution in [0.2, 0.25) is 0 Å². The molecule has 26 heteroatoms. The number of benzene rings is 7. The van der Waals surface area contributed by atoms with E-state index in [1.54, 1.807) is 97.1 Å². The maximum absolute atomic E-state index is 11.7. The number of imide groups is 3. The number of rotatable bonds is 11. The molecule has 468 valence electrons. The van der Waals surface area contributed by atoms with Crippen molar-refractivity contribution in [2.45, 2.75) is 40.7 Å². The second kappa shape index (κ2) is 37.8. The number of anilines is 4. The van der Waals surface area contributed by atoms with E-state index in [2.05, 4.69) is 169 Å². The molecule has 0 saturated carbocycles. The number of nitrogens with zero attached hydrogens (tertiary/aromatic N) is 6. The van der Waals surface area contributed by atoms with Gasteiger partial charge in [0.25, 0.3) is 41.4 Å². The Labute approximate surface area is 557 Å². The summed E-state index contributed by atoms with van der Waals surface area (Å²) in [4.78, 5) is 105. The largest absolute Gasteiger partial charge is 0.481 e. The van der Waals surface area contributed by atoms with Crippen LogP contribution in [0.5, 0.6) is 0 Å². The molecule has 4 aliphatic rings. The summed E-state index contributed by atoms with van der Waals surface area (Å²) in [6.07, 6.45) is 4.82. The fraction of sp³-hybridized carbons (Fsp3) is 0.0923. The summed E-state index contributed by atoms with van der Waals surface area (Å²) in [5.41, 5.74) is 24.7. The summed E-state index contributed by atoms with van der Waals surface area (Å²) in [6.45, 7) is 1.77. The minimum atomic E-state index is -0.833. The van der Waals surface area contributed by atoms with Crippen LogP contribution in [-0.4, -0.2) is 68.7 Å². The van der Waals surface area contributed by atoms with Crippen LogP contribution in [0.1, 0.15) is 36.6 Å². The quantitative estimate of drug-likeness (QED) is 0.0117. The monoisotopic (exact) mass is 1500 g/mol. The number of nitrogen functional groups attached to an aromatic ring is 1. The third-order valence-electron chi connectivity index (χ3n) is 11.8. The summed E-state index contributed by atoms with van der Waals surface area (Å²) in [5, 5.41) is 32.5. The highest BCUT2D eigenvalue weighted by Crippen LogP contribution is 2.33. The number of halogens is 4. The van der Waals surface area contributed by atoms with E-state index < -0.39 is 25.8 Å². The molecule has 4 heterocycles. The number of azide groups is 1. The van der Waals surface area contributed by atoms with Crippen molar-refractivity contribution >= 4 is 164 Å². The number of esters is 2. The van der Waals surface area contributed by atoms with Gasteiger partial charge < -0.3 is 31.5 Å². The molecule has 7 N–H and O–H groups in total. The van der Waals surface area contributed by atoms with Crippen molar-refractivity contribution in [3.8, 4) is 0 Å². The van der Waals surface area contributed by atoms with E-state index in [-0.39, 0.29) is 80.6 Å². The fourth-order valence-electron chi connectivity index (χ4n) is 7.59. The Morgan fingerprint density at radius 3 is 1.05 bits per heavy atom. The van der Waals surface area contributed by atoms with Crippen molar-refractivity contribution in [3.05, 3.63) is 263 Å². The van der Waals surface area contributed by atoms with Gasteiger partial charge in [0.05, 0.1) is 50.3 Å². The lowest BCUT2D eigenvalue weighted by Crippen LogP contribution is -2.30. The van der Waals surface area contributed by atoms with Gasteiger partial charge in [0, 0.05) is 48.4 Å². The normalized spacial score (nSPS) is 13.4. The van der Waals surface area contributed by atoms with Gasteiger partial charge in [-0.2, -0.15) is 0 Å². The molecular weight excluding hydrogens is 1450 g/mol. The van der Waals surface area contributed by atoms with Crippen LogP contribution in [0.25, 0.3) is 10.4 Å². The maximum Gasteiger partial charge on any atom is 0.353 e. The molecule has 0 radical (unpaired) electrons. The van der Waals surface area contributed by atoms with E-state index >= 15 is 0 Å². The van der Waals surface area contributed by atoms with Gasteiger partial charge in [-0.05, 0) is 164 Å². The minimum Gasteiger partial charge on any atom is -0.481 e. The second-order valence-corrected chi connectivity index (χ2v) is 23.8. The lowest BCUT2D eigenvalue weighted by molar-refractivity contribution is -0.150. The zero-order valence-corrected chi connectivity index (χ0v) is 54.5. The lowest BCUT2D eigenvalue weighted by atomic mass is 10.2. The third kappa shape index (κ3) is 22.7. The summed E-state index contributed by atoms with van der Waals surface area (Å²) in [5.74, 6) is -4.24. The van der Waals surface area contributed by atoms with Gasteiger partial charge in [-0.25, -0.2) is 24.3 Å². The molecule has 0 atom stereocenters. The molecule has 4 aliphatic heterocycles. The number of aliphatic hydroxyl groups is 2. The number of carbonyl (C=O) groups is 9. The van der Waals surface area contributed by atoms with Crippen LogP contribution in [0, 0.1) is 0 Å². The number of carboxylic acid groups (broad SMARTS) is 1. The van der Waals surface area contributed by atoms with Crippen LogP contribution in [-0.2, 0) is 74.2 Å². The van der Waals surface area contributed by atoms with Crippen molar-refractivity contribution in [3.63, 3.8) is 0 Å². The average molecular weight is 1510 g/mol. The Balaban J connectivity index is 0.000000234. The zero-order valence-electron chi connectivity index (χ0n) is 47.3. The minimum absolute atomic E-state index is 0. The van der Waals surface area contributed by atoms with E-state index in [9.17, 15) is 38.4 Å². The van der Waals surface area contributed by atoms with Gasteiger partial charge in [-0.3, -0.25) is 33.6 Å². The number of aliphatic carboxylic acids is 1. The molecule has 91 heavy (non-hydrogen) atoms. The number of hydrogen-bond donors (Lipinski definition) is 5. The SMILES string of the molecule is C.CC(=O)O.NCc1ccc(N2C(=O)C=C(Br)C2=O)cc1.Nc1ccc(CO)cc1.O=C1C=C(Br)C(=O)N1c1ccc(CO)cc1.O=C1C=C(Br)C(=O)O1.[N-]=[N+]=NCc1ccc(N2C(=O)C=C(Br)C2=O)cc1.c1ccc(P(c2ccccc2)c2ccccc2)cc1. The number of aliphatic hydroxyl groups excluding tert-OH is 2. The fourth-order valence-corrected chi connectivity index (χ4v) is 11.3. The Kier molecular flexibility index (Phi) is 30.9. The van der Waals surface area contributed by atoms with Crippen LogP contribution in [0.4, 0.5) is 22.7 Å². The molecule has 7 aromatic carbocycles. The topological polar surface area (TPSA) is 334 Å². The van der Waals surface area contributed by atoms with Crippen LogP contribution >= 0.6 is 71.6 Å². The summed E-state index contributed by atoms with van der Waals surface area (Å²) >= 11 is 11.9. The number of nitrogens with two attached hydrogens (primary N) is 2. The molecule has 0 spiro atoms. The van der Waals surface area contributed by atoms with E-state index in [0.717, 1.165) is 55.6 Å². The van der Waals surface area contributed by atoms with Gasteiger partial charge in [0.15, 0.2) is 0 Å². The molecule has 0 fully saturated rings. The third-order valence-corrected chi connectivity index (χ3v) is 16.5. The van der Waals surface area contributed by atoms with Crippen molar-refractivity contribution in [1.82, 2.24) is 0 Å². The van der Waals surface area contributed by atoms with Crippen LogP contribution in [0.3, 0.4) is 0 Å². The van der Waals surface area contributed by atoms with Crippen molar-refractivity contribution < 1.29 is 63.2 Å². The van der Waals surface area contributed by atoms with Crippen LogP contribution in [0.15, 0.2) is 235 Å². The first-order chi connectivity index (χ1) is 43.1. The summed E-state index contributed by atoms with van der Waals surface area (Å²) in [6, 6.07) is 59.7. The average Bonchev–Trinajstić information content (AvgIpc) is 2.02. The summed E-state index contributed by atoms with van der Waals surface area (Å²) in [7, 11) is -0.446. The number of ether oxygens (including phenoxy) is 1. The highest BCUT2D eigenvalue weighted by atomic mass is 79.9. The van der Waals surface area contributed by atoms with E-state index in [0.29, 0.717) is 23.6 Å². The molecule has 0 aliphatic carbocycles. The predicted molar refractivity (Wildman–Crippen MR) is 365 cm³/mol. The van der Waals surface area contributed by atoms with Gasteiger partial charge in [0.1, 0.15) is 4.48 Å². The highest BCUT2D eigenvalue weighted by Gasteiger charge is 2.33. The first kappa shape index (κ1) is 74.3. The second-order valence-electron chi connectivity index (χ2n) is 18.1. The smallest absolute Gasteiger partial charge is 0.353 e. The Morgan fingerprint density at radius 2 is 0.813 bits per heavy atom. The van der Waals surface area contributed by atoms with Crippen molar-refractivity contribution in [1.29, 1.82) is 0 Å². The maximum atomic E-state index is 11.7. The van der Waals surface area contributed by atoms with E-state index in [4.69, 9.17) is 37.1 Å². The molecule has 0 aromatic heterocycles. The van der Waals surface area contributed by atoms with Crippen molar-refractivity contribution in [2.24, 2.45) is 10.8 Å². The molecule has 0 saturated heterocycles. The molecule has 0 bridgehead atoms. The standard InChI is InChI=1S/C18H15P.C11H7BrN4O2.C11H9BrN2O2.C11H8BrNO3.C7H9NO.C4HBrO3.C2H4O2.CH4/c1-4-10-16(11-5-1)19(17-12-6-2-7-13-17)18-14-8-3-9-15-18;12-9-5-10(17)16(11(9)18)8-3-1-7(2-4-8)6-14-15-13;12-9-5-10(15)14(11(9)16)8-3-1-7(6-13)2-4-8;12-9-5-10(15)13(11(9)16)8-3-1-7(6-14)2-4-8;8-7-3-1-6(5-9)2-4-7;5-2-1-3(6)8-4(2)7;1-2(3)4;/h1-15H;1-5H,6H2;1-5H,6,13H2;1-5,14H,6H2;1-4,9H,5,8H2;1H;1H3,(H,3,4);1H4. The highest BCUT2D eigenvalue weighted by molar-refractivity contribution is 9.12. The first-order valence-electron chi connectivity index (χ1n) is 26.2. The predicted octanol–water partition coefficient (Wildman–Crippen LogP) is 10.6. The molecule has 0 unspecified atom stereocenters. The Hall–Kier alpha value is -9.13. The Morgan fingerprint density at radius 1 is 0.505 bits per heavy atom. The zero-order chi connectivity index (χ0) is 65.9. The number of hydrogen-bond acceptors (Lipinski definition) is 15. The first-order valence-corrected chi connectivity index (χ1v) is 30.7. The number of amides is 6. The lowest BCUT2D eigenvalue weighted by Gasteiger charge is -2.18. The van der Waals surface area contributed by atoms with E-state index in [1.807, 2.05) is 0 Å². The molecule has 6 amide bonds. The van der Waals surface area contributed by atoms with E-state index in [1.165, 1.54) is 34.1 Å². The number of cyclic esters (lactones) is 2. The molecule has 7 aromatic rings. The van der Waals surface area contributed by atoms with Gasteiger partial charge in [-0.1, -0.05) is 152 Å². The molecule has 11 rings (SSSR count). The van der Waals surface area contributed by atoms with Gasteiger partial charge >= 0.3 is 11.9 Å². The van der Waals surface area contributed by atoms with Gasteiger partial charge in [-0.15, -0.1) is 0 Å².